The van der Waals surface area contributed by atoms with Gasteiger partial charge in [-0.1, -0.05) is 0 Å². The van der Waals surface area contributed by atoms with Gasteiger partial charge in [0.1, 0.15) is 18.1 Å². The van der Waals surface area contributed by atoms with Gasteiger partial charge >= 0.3 is 5.97 Å². The second-order valence-corrected chi connectivity index (χ2v) is 5.16. The lowest BCUT2D eigenvalue weighted by molar-refractivity contribution is 0.0600. The van der Waals surface area contributed by atoms with Gasteiger partial charge in [0, 0.05) is 11.1 Å². The summed E-state index contributed by atoms with van der Waals surface area (Å²) in [5.74, 6) is 0.873. The molecule has 1 aliphatic heterocycles. The molecule has 0 aliphatic carbocycles. The Bertz CT molecular complexity index is 877. The lowest BCUT2D eigenvalue weighted by Crippen LogP contribution is -2.09. The number of fused-ring (bicyclic) bond motifs is 1. The maximum absolute atomic E-state index is 11.8. The van der Waals surface area contributed by atoms with Gasteiger partial charge in [0.15, 0.2) is 0 Å². The van der Waals surface area contributed by atoms with Crippen LogP contribution in [-0.4, -0.2) is 26.8 Å². The number of nitrogens with zero attached hydrogens (tertiary/aromatic N) is 1. The van der Waals surface area contributed by atoms with E-state index in [-0.39, 0.29) is 0 Å². The van der Waals surface area contributed by atoms with Gasteiger partial charge in [0.2, 0.25) is 0 Å². The molecule has 3 rings (SSSR count). The summed E-state index contributed by atoms with van der Waals surface area (Å²) in [5, 5.41) is 9.05. The number of nitriles is 1. The average molecular weight is 321 g/mol. The SMILES string of the molecule is COC(=O)c1ccc2c(c1)C(c1ccc(C#N)cc1OC)=CCO2. The molecular formula is C19H15NO4. The predicted molar refractivity (Wildman–Crippen MR) is 88.1 cm³/mol. The van der Waals surface area contributed by atoms with Gasteiger partial charge in [-0.25, -0.2) is 4.79 Å². The van der Waals surface area contributed by atoms with E-state index in [4.69, 9.17) is 19.5 Å². The number of hydrogen-bond acceptors (Lipinski definition) is 5. The summed E-state index contributed by atoms with van der Waals surface area (Å²) in [4.78, 5) is 11.8. The molecule has 0 bridgehead atoms. The number of rotatable bonds is 3. The van der Waals surface area contributed by atoms with E-state index in [1.54, 1.807) is 37.4 Å². The summed E-state index contributed by atoms with van der Waals surface area (Å²) in [7, 11) is 2.91. The molecule has 2 aromatic rings. The zero-order chi connectivity index (χ0) is 17.1. The number of hydrogen-bond donors (Lipinski definition) is 0. The second kappa shape index (κ2) is 6.47. The summed E-state index contributed by atoms with van der Waals surface area (Å²) < 4.78 is 15.9. The molecule has 5 heteroatoms. The number of esters is 1. The van der Waals surface area contributed by atoms with E-state index in [9.17, 15) is 4.79 Å². The Morgan fingerprint density at radius 2 is 2.00 bits per heavy atom. The van der Waals surface area contributed by atoms with Crippen LogP contribution in [0.15, 0.2) is 42.5 Å². The molecule has 0 atom stereocenters. The molecule has 5 nitrogen and oxygen atoms in total. The minimum Gasteiger partial charge on any atom is -0.496 e. The van der Waals surface area contributed by atoms with Gasteiger partial charge < -0.3 is 14.2 Å². The van der Waals surface area contributed by atoms with Crippen LogP contribution >= 0.6 is 0 Å². The fourth-order valence-corrected chi connectivity index (χ4v) is 2.67. The van der Waals surface area contributed by atoms with Crippen molar-refractivity contribution in [3.05, 3.63) is 64.7 Å². The van der Waals surface area contributed by atoms with Crippen LogP contribution < -0.4 is 9.47 Å². The van der Waals surface area contributed by atoms with Gasteiger partial charge in [-0.05, 0) is 48.0 Å². The highest BCUT2D eigenvalue weighted by Gasteiger charge is 2.20. The van der Waals surface area contributed by atoms with Crippen molar-refractivity contribution in [1.29, 1.82) is 5.26 Å². The first kappa shape index (κ1) is 15.6. The largest absolute Gasteiger partial charge is 0.496 e. The summed E-state index contributed by atoms with van der Waals surface area (Å²) in [5.41, 5.74) is 3.48. The topological polar surface area (TPSA) is 68.6 Å². The molecule has 0 aromatic heterocycles. The van der Waals surface area contributed by atoms with Crippen molar-refractivity contribution in [3.63, 3.8) is 0 Å². The normalized spacial score (nSPS) is 12.3. The Morgan fingerprint density at radius 3 is 2.71 bits per heavy atom. The molecule has 0 amide bonds. The minimum absolute atomic E-state index is 0.408. The zero-order valence-corrected chi connectivity index (χ0v) is 13.3. The van der Waals surface area contributed by atoms with Crippen LogP contribution in [0.3, 0.4) is 0 Å². The third kappa shape index (κ3) is 2.70. The highest BCUT2D eigenvalue weighted by molar-refractivity contribution is 5.94. The molecule has 2 aromatic carbocycles. The van der Waals surface area contributed by atoms with Crippen LogP contribution in [-0.2, 0) is 4.74 Å². The summed E-state index contributed by atoms with van der Waals surface area (Å²) in [6.07, 6.45) is 1.92. The van der Waals surface area contributed by atoms with Crippen LogP contribution in [0, 0.1) is 11.3 Å². The van der Waals surface area contributed by atoms with Crippen molar-refractivity contribution in [2.24, 2.45) is 0 Å². The number of benzene rings is 2. The molecule has 0 unspecified atom stereocenters. The first-order valence-corrected chi connectivity index (χ1v) is 7.32. The first-order chi connectivity index (χ1) is 11.7. The third-order valence-electron chi connectivity index (χ3n) is 3.84. The number of methoxy groups -OCH3 is 2. The summed E-state index contributed by atoms with van der Waals surface area (Å²) >= 11 is 0. The van der Waals surface area contributed by atoms with Gasteiger partial charge in [0.25, 0.3) is 0 Å². The maximum Gasteiger partial charge on any atom is 0.337 e. The molecule has 1 heterocycles. The fraction of sp³-hybridized carbons (Fsp3) is 0.158. The van der Waals surface area contributed by atoms with Crippen molar-refractivity contribution >= 4 is 11.5 Å². The van der Waals surface area contributed by atoms with Crippen LogP contribution in [0.25, 0.3) is 5.57 Å². The van der Waals surface area contributed by atoms with Gasteiger partial charge in [-0.15, -0.1) is 0 Å². The van der Waals surface area contributed by atoms with Gasteiger partial charge in [-0.3, -0.25) is 0 Å². The van der Waals surface area contributed by atoms with Crippen molar-refractivity contribution in [3.8, 4) is 17.6 Å². The molecule has 0 spiro atoms. The summed E-state index contributed by atoms with van der Waals surface area (Å²) in [6, 6.07) is 12.5. The van der Waals surface area contributed by atoms with E-state index >= 15 is 0 Å². The highest BCUT2D eigenvalue weighted by atomic mass is 16.5. The monoisotopic (exact) mass is 321 g/mol. The highest BCUT2D eigenvalue weighted by Crippen LogP contribution is 2.38. The van der Waals surface area contributed by atoms with Crippen molar-refractivity contribution < 1.29 is 19.0 Å². The molecule has 1 aliphatic rings. The van der Waals surface area contributed by atoms with Crippen molar-refractivity contribution in [2.75, 3.05) is 20.8 Å². The quantitative estimate of drug-likeness (QED) is 0.812. The second-order valence-electron chi connectivity index (χ2n) is 5.16. The van der Waals surface area contributed by atoms with E-state index in [0.29, 0.717) is 29.2 Å². The Balaban J connectivity index is 2.13. The van der Waals surface area contributed by atoms with Crippen LogP contribution in [0.2, 0.25) is 0 Å². The maximum atomic E-state index is 11.8. The molecule has 0 saturated carbocycles. The Morgan fingerprint density at radius 1 is 1.17 bits per heavy atom. The van der Waals surface area contributed by atoms with E-state index < -0.39 is 5.97 Å². The standard InChI is InChI=1S/C19H15NO4/c1-22-18-9-12(11-20)3-5-15(18)14-7-8-24-17-6-4-13(10-16(14)17)19(21)23-2/h3-7,9-10H,8H2,1-2H3. The number of ether oxygens (including phenoxy) is 3. The van der Waals surface area contributed by atoms with Crippen LogP contribution in [0.1, 0.15) is 27.0 Å². The van der Waals surface area contributed by atoms with Crippen LogP contribution in [0.5, 0.6) is 11.5 Å². The van der Waals surface area contributed by atoms with E-state index in [2.05, 4.69) is 6.07 Å². The van der Waals surface area contributed by atoms with Crippen LogP contribution in [0.4, 0.5) is 0 Å². The molecule has 0 fully saturated rings. The van der Waals surface area contributed by atoms with E-state index in [1.165, 1.54) is 7.11 Å². The molecule has 0 N–H and O–H groups in total. The van der Waals surface area contributed by atoms with Gasteiger partial charge in [0.05, 0.1) is 31.4 Å². The predicted octanol–water partition coefficient (Wildman–Crippen LogP) is 3.18. The van der Waals surface area contributed by atoms with E-state index in [1.807, 2.05) is 12.1 Å². The Hall–Kier alpha value is -3.26. The Kier molecular flexibility index (Phi) is 4.21. The summed E-state index contributed by atoms with van der Waals surface area (Å²) in [6.45, 7) is 0.420. The molecule has 120 valence electrons. The third-order valence-corrected chi connectivity index (χ3v) is 3.84. The molecule has 24 heavy (non-hydrogen) atoms. The lowest BCUT2D eigenvalue weighted by atomic mass is 9.92. The fourth-order valence-electron chi connectivity index (χ4n) is 2.67. The lowest BCUT2D eigenvalue weighted by Gasteiger charge is -2.21. The Labute approximate surface area is 139 Å². The van der Waals surface area contributed by atoms with E-state index in [0.717, 1.165) is 16.7 Å². The average Bonchev–Trinajstić information content (AvgIpc) is 2.65. The molecular weight excluding hydrogens is 306 g/mol. The van der Waals surface area contributed by atoms with Crippen molar-refractivity contribution in [1.82, 2.24) is 0 Å². The first-order valence-electron chi connectivity index (χ1n) is 7.32. The molecule has 0 radical (unpaired) electrons. The number of carbonyl (C=O) groups is 1. The zero-order valence-electron chi connectivity index (χ0n) is 13.3. The molecule has 0 saturated heterocycles. The van der Waals surface area contributed by atoms with Crippen molar-refractivity contribution in [2.45, 2.75) is 0 Å². The minimum atomic E-state index is -0.408. The smallest absolute Gasteiger partial charge is 0.337 e. The number of carbonyl (C=O) groups excluding carboxylic acids is 1. The van der Waals surface area contributed by atoms with Gasteiger partial charge in [-0.2, -0.15) is 5.26 Å².